The van der Waals surface area contributed by atoms with Crippen LogP contribution in [0.1, 0.15) is 50.7 Å². The van der Waals surface area contributed by atoms with Crippen molar-refractivity contribution in [2.75, 3.05) is 0 Å². The van der Waals surface area contributed by atoms with E-state index in [4.69, 9.17) is 30.1 Å². The van der Waals surface area contributed by atoms with Crippen molar-refractivity contribution in [2.45, 2.75) is 39.5 Å². The van der Waals surface area contributed by atoms with E-state index in [9.17, 15) is 4.79 Å². The monoisotopic (exact) mass is 426 g/mol. The van der Waals surface area contributed by atoms with Gasteiger partial charge in [0.25, 0.3) is 0 Å². The number of halogens is 3. The molecule has 0 aromatic heterocycles. The average molecular weight is 428 g/mol. The van der Waals surface area contributed by atoms with Gasteiger partial charge in [0, 0.05) is 11.8 Å². The lowest BCUT2D eigenvalue weighted by molar-refractivity contribution is -0.123. The summed E-state index contributed by atoms with van der Waals surface area (Å²) >= 11 is -1.72. The van der Waals surface area contributed by atoms with Crippen molar-refractivity contribution in [2.24, 2.45) is 11.8 Å². The smallest absolute Gasteiger partial charge is 0.298 e. The predicted molar refractivity (Wildman–Crippen MR) is 116 cm³/mol. The molecular formula is C21H26AlCl3O. The van der Waals surface area contributed by atoms with E-state index >= 15 is 0 Å². The van der Waals surface area contributed by atoms with Gasteiger partial charge in [-0.2, -0.15) is 0 Å². The molecule has 0 fully saturated rings. The van der Waals surface area contributed by atoms with Crippen LogP contribution in [0.5, 0.6) is 0 Å². The normalized spacial score (nSPS) is 13.0. The van der Waals surface area contributed by atoms with Gasteiger partial charge in [0.2, 0.25) is 0 Å². The molecule has 0 saturated heterocycles. The minimum Gasteiger partial charge on any atom is -0.298 e. The van der Waals surface area contributed by atoms with Crippen molar-refractivity contribution >= 4 is 47.3 Å². The summed E-state index contributed by atoms with van der Waals surface area (Å²) in [4.78, 5) is 13.3. The molecule has 1 nitrogen and oxygen atoms in total. The van der Waals surface area contributed by atoms with Crippen LogP contribution >= 0.6 is 30.1 Å². The summed E-state index contributed by atoms with van der Waals surface area (Å²) in [5.41, 5.74) is 2.26. The van der Waals surface area contributed by atoms with E-state index in [0.717, 1.165) is 11.1 Å². The van der Waals surface area contributed by atoms with Gasteiger partial charge in [-0.15, -0.1) is 0 Å². The highest BCUT2D eigenvalue weighted by Crippen LogP contribution is 2.35. The lowest BCUT2D eigenvalue weighted by atomic mass is 9.74. The Morgan fingerprint density at radius 2 is 0.962 bits per heavy atom. The van der Waals surface area contributed by atoms with Crippen molar-refractivity contribution in [1.82, 2.24) is 0 Å². The Labute approximate surface area is 174 Å². The van der Waals surface area contributed by atoms with Gasteiger partial charge >= 0.3 is 11.4 Å². The van der Waals surface area contributed by atoms with E-state index in [-0.39, 0.29) is 11.8 Å². The second kappa shape index (κ2) is 12.1. The fraction of sp³-hybridized carbons (Fsp3) is 0.381. The second-order valence-electron chi connectivity index (χ2n) is 6.91. The van der Waals surface area contributed by atoms with Gasteiger partial charge < -0.3 is 0 Å². The lowest BCUT2D eigenvalue weighted by Gasteiger charge is -2.28. The summed E-state index contributed by atoms with van der Waals surface area (Å²) in [6, 6.07) is 20.4. The zero-order chi connectivity index (χ0) is 19.7. The Kier molecular flexibility index (Phi) is 10.9. The highest BCUT2D eigenvalue weighted by atomic mass is 35.8. The molecule has 0 saturated carbocycles. The van der Waals surface area contributed by atoms with Gasteiger partial charge in [-0.05, 0) is 23.0 Å². The zero-order valence-corrected chi connectivity index (χ0v) is 19.1. The molecule has 26 heavy (non-hydrogen) atoms. The minimum atomic E-state index is -1.72. The molecule has 0 aliphatic rings. The molecule has 2 aromatic rings. The number of hydrogen-bond acceptors (Lipinski definition) is 1. The van der Waals surface area contributed by atoms with Crippen LogP contribution in [0.2, 0.25) is 0 Å². The summed E-state index contributed by atoms with van der Waals surface area (Å²) in [5.74, 6) is 0.824. The number of rotatable bonds is 6. The second-order valence-corrected chi connectivity index (χ2v) is 13.3. The topological polar surface area (TPSA) is 17.1 Å². The van der Waals surface area contributed by atoms with E-state index in [1.165, 1.54) is 0 Å². The first-order valence-corrected chi connectivity index (χ1v) is 14.0. The number of Topliss-reactive ketones (excluding diaryl/α,β-unsaturated/α-hetero) is 1. The molecule has 0 amide bonds. The molecule has 0 aliphatic carbocycles. The van der Waals surface area contributed by atoms with E-state index in [0.29, 0.717) is 17.6 Å². The van der Waals surface area contributed by atoms with Crippen molar-refractivity contribution < 1.29 is 4.79 Å². The summed E-state index contributed by atoms with van der Waals surface area (Å²) < 4.78 is 0. The highest BCUT2D eigenvalue weighted by molar-refractivity contribution is 7.54. The van der Waals surface area contributed by atoms with Crippen molar-refractivity contribution in [3.8, 4) is 0 Å². The Bertz CT molecular complexity index is 589. The molecule has 140 valence electrons. The summed E-state index contributed by atoms with van der Waals surface area (Å²) in [6.45, 7) is 8.55. The maximum Gasteiger partial charge on any atom is 0.643 e. The van der Waals surface area contributed by atoms with Crippen LogP contribution < -0.4 is 0 Å². The molecule has 2 aromatic carbocycles. The van der Waals surface area contributed by atoms with Crippen molar-refractivity contribution in [1.29, 1.82) is 0 Å². The van der Waals surface area contributed by atoms with Gasteiger partial charge in [0.1, 0.15) is 5.78 Å². The first kappa shape index (κ1) is 23.6. The Morgan fingerprint density at radius 1 is 0.692 bits per heavy atom. The van der Waals surface area contributed by atoms with E-state index in [2.05, 4.69) is 52.0 Å². The summed E-state index contributed by atoms with van der Waals surface area (Å²) in [7, 11) is 14.8. The highest BCUT2D eigenvalue weighted by Gasteiger charge is 2.33. The molecule has 0 bridgehead atoms. The van der Waals surface area contributed by atoms with Crippen molar-refractivity contribution in [3.63, 3.8) is 0 Å². The molecular weight excluding hydrogens is 402 g/mol. The number of ketones is 1. The van der Waals surface area contributed by atoms with Crippen LogP contribution in [0.25, 0.3) is 0 Å². The molecule has 5 heteroatoms. The first-order valence-electron chi connectivity index (χ1n) is 8.81. The molecule has 0 radical (unpaired) electrons. The van der Waals surface area contributed by atoms with Gasteiger partial charge in [-0.3, -0.25) is 4.79 Å². The Balaban J connectivity index is 0.000000765. The number of carbonyl (C=O) groups is 1. The Morgan fingerprint density at radius 3 is 1.19 bits per heavy atom. The maximum absolute atomic E-state index is 13.3. The number of carbonyl (C=O) groups excluding carboxylic acids is 1. The number of hydrogen-bond donors (Lipinski definition) is 0. The SMILES string of the molecule is CC(C)C(C(=O)C(c1ccccc1)C(C)C)c1ccccc1.[Cl][Al]([Cl])[Cl]. The van der Waals surface area contributed by atoms with E-state index in [1.54, 1.807) is 0 Å². The molecule has 0 aliphatic heterocycles. The van der Waals surface area contributed by atoms with E-state index in [1.807, 2.05) is 36.4 Å². The van der Waals surface area contributed by atoms with Gasteiger partial charge in [-0.25, -0.2) is 30.1 Å². The van der Waals surface area contributed by atoms with Crippen molar-refractivity contribution in [3.05, 3.63) is 71.8 Å². The van der Waals surface area contributed by atoms with Crippen LogP contribution in [0.3, 0.4) is 0 Å². The van der Waals surface area contributed by atoms with E-state index < -0.39 is 11.4 Å². The largest absolute Gasteiger partial charge is 0.643 e. The van der Waals surface area contributed by atoms with Gasteiger partial charge in [-0.1, -0.05) is 88.4 Å². The molecule has 0 spiro atoms. The average Bonchev–Trinajstić information content (AvgIpc) is 2.56. The molecule has 2 rings (SSSR count). The van der Waals surface area contributed by atoms with Gasteiger partial charge in [0.15, 0.2) is 0 Å². The molecule has 2 unspecified atom stereocenters. The number of benzene rings is 2. The maximum atomic E-state index is 13.3. The van der Waals surface area contributed by atoms with Crippen LogP contribution in [0, 0.1) is 11.8 Å². The third kappa shape index (κ3) is 7.63. The first-order chi connectivity index (χ1) is 12.3. The fourth-order valence-electron chi connectivity index (χ4n) is 3.27. The zero-order valence-electron chi connectivity index (χ0n) is 15.7. The predicted octanol–water partition coefficient (Wildman–Crippen LogP) is 7.12. The summed E-state index contributed by atoms with van der Waals surface area (Å²) in [6.07, 6.45) is 0. The third-order valence-electron chi connectivity index (χ3n) is 4.26. The Hall–Kier alpha value is -0.488. The minimum absolute atomic E-state index is 0.0474. The lowest BCUT2D eigenvalue weighted by Crippen LogP contribution is -2.27. The standard InChI is InChI=1S/C21H26O.Al.3ClH/c1-15(2)19(17-11-7-5-8-12-17)21(22)20(16(3)4)18-13-9-6-10-14-18;;;;/h5-16,19-20H,1-4H3;;3*1H/q;+3;;;/p-3. The molecule has 0 N–H and O–H groups in total. The quantitative estimate of drug-likeness (QED) is 0.448. The van der Waals surface area contributed by atoms with Gasteiger partial charge in [0.05, 0.1) is 0 Å². The summed E-state index contributed by atoms with van der Waals surface area (Å²) in [5, 5.41) is 0. The van der Waals surface area contributed by atoms with Crippen LogP contribution in [-0.2, 0) is 4.79 Å². The molecule has 0 heterocycles. The van der Waals surface area contributed by atoms with Crippen LogP contribution in [0.15, 0.2) is 60.7 Å². The van der Waals surface area contributed by atoms with Crippen LogP contribution in [-0.4, -0.2) is 17.2 Å². The molecule has 2 atom stereocenters. The van der Waals surface area contributed by atoms with Crippen LogP contribution in [0.4, 0.5) is 0 Å². The third-order valence-corrected chi connectivity index (χ3v) is 4.26. The fourth-order valence-corrected chi connectivity index (χ4v) is 3.27.